The number of nitrogens with zero attached hydrogens (tertiary/aromatic N) is 1. The highest BCUT2D eigenvalue weighted by Crippen LogP contribution is 2.06. The van der Waals surface area contributed by atoms with Gasteiger partial charge in [-0.2, -0.15) is 0 Å². The van der Waals surface area contributed by atoms with Crippen LogP contribution >= 0.6 is 11.6 Å². The van der Waals surface area contributed by atoms with Crippen LogP contribution in [0.5, 0.6) is 0 Å². The molecule has 0 radical (unpaired) electrons. The lowest BCUT2D eigenvalue weighted by Crippen LogP contribution is -2.29. The van der Waals surface area contributed by atoms with Crippen molar-refractivity contribution in [1.82, 2.24) is 4.90 Å². The van der Waals surface area contributed by atoms with Crippen LogP contribution in [0.2, 0.25) is 0 Å². The van der Waals surface area contributed by atoms with E-state index in [2.05, 4.69) is 42.2 Å². The van der Waals surface area contributed by atoms with Gasteiger partial charge in [-0.3, -0.25) is 4.90 Å². The van der Waals surface area contributed by atoms with Crippen LogP contribution < -0.4 is 0 Å². The van der Waals surface area contributed by atoms with Crippen molar-refractivity contribution in [2.24, 2.45) is 0 Å². The molecule has 108 valence electrons. The molecule has 1 rings (SSSR count). The van der Waals surface area contributed by atoms with Gasteiger partial charge in [-0.05, 0) is 25.5 Å². The molecule has 0 amide bonds. The van der Waals surface area contributed by atoms with Gasteiger partial charge >= 0.3 is 0 Å². The SMILES string of the molecule is CCCCN(CCOC(C)CCl)Cc1ccccc1. The molecule has 0 saturated carbocycles. The molecule has 1 aromatic rings. The first-order chi connectivity index (χ1) is 9.26. The number of hydrogen-bond donors (Lipinski definition) is 0. The van der Waals surface area contributed by atoms with Gasteiger partial charge in [0.2, 0.25) is 0 Å². The average molecular weight is 284 g/mol. The van der Waals surface area contributed by atoms with E-state index in [1.807, 2.05) is 6.92 Å². The summed E-state index contributed by atoms with van der Waals surface area (Å²) in [6.45, 7) is 8.09. The van der Waals surface area contributed by atoms with Gasteiger partial charge in [0, 0.05) is 19.0 Å². The number of ether oxygens (including phenoxy) is 1. The highest BCUT2D eigenvalue weighted by atomic mass is 35.5. The van der Waals surface area contributed by atoms with E-state index in [4.69, 9.17) is 16.3 Å². The van der Waals surface area contributed by atoms with Crippen molar-refractivity contribution in [3.05, 3.63) is 35.9 Å². The summed E-state index contributed by atoms with van der Waals surface area (Å²) in [7, 11) is 0. The lowest BCUT2D eigenvalue weighted by Gasteiger charge is -2.23. The Morgan fingerprint density at radius 2 is 1.95 bits per heavy atom. The molecular weight excluding hydrogens is 258 g/mol. The Balaban J connectivity index is 2.38. The minimum Gasteiger partial charge on any atom is -0.376 e. The number of halogens is 1. The molecule has 0 N–H and O–H groups in total. The van der Waals surface area contributed by atoms with E-state index in [1.54, 1.807) is 0 Å². The first kappa shape index (κ1) is 16.5. The van der Waals surface area contributed by atoms with Crippen molar-refractivity contribution in [1.29, 1.82) is 0 Å². The predicted molar refractivity (Wildman–Crippen MR) is 82.8 cm³/mol. The molecule has 0 bridgehead atoms. The molecule has 0 aliphatic heterocycles. The highest BCUT2D eigenvalue weighted by molar-refractivity contribution is 6.18. The molecule has 1 aromatic carbocycles. The quantitative estimate of drug-likeness (QED) is 0.603. The molecule has 0 heterocycles. The standard InChI is InChI=1S/C16H26ClNO/c1-3-4-10-18(11-12-19-15(2)13-17)14-16-8-6-5-7-9-16/h5-9,15H,3-4,10-14H2,1-2H3. The number of hydrogen-bond acceptors (Lipinski definition) is 2. The lowest BCUT2D eigenvalue weighted by molar-refractivity contribution is 0.0589. The van der Waals surface area contributed by atoms with Crippen LogP contribution in [-0.4, -0.2) is 36.6 Å². The second kappa shape index (κ2) is 10.2. The van der Waals surface area contributed by atoms with Crippen LogP contribution in [0.15, 0.2) is 30.3 Å². The number of benzene rings is 1. The van der Waals surface area contributed by atoms with E-state index in [-0.39, 0.29) is 6.10 Å². The van der Waals surface area contributed by atoms with E-state index in [1.165, 1.54) is 18.4 Å². The van der Waals surface area contributed by atoms with Crippen molar-refractivity contribution >= 4 is 11.6 Å². The minimum atomic E-state index is 0.145. The molecule has 0 fully saturated rings. The molecule has 0 spiro atoms. The van der Waals surface area contributed by atoms with E-state index in [0.29, 0.717) is 5.88 Å². The summed E-state index contributed by atoms with van der Waals surface area (Å²) in [5, 5.41) is 0. The molecule has 3 heteroatoms. The Kier molecular flexibility index (Phi) is 8.89. The van der Waals surface area contributed by atoms with Crippen LogP contribution in [0.25, 0.3) is 0 Å². The van der Waals surface area contributed by atoms with Crippen LogP contribution in [-0.2, 0) is 11.3 Å². The average Bonchev–Trinajstić information content (AvgIpc) is 2.45. The zero-order valence-electron chi connectivity index (χ0n) is 12.1. The van der Waals surface area contributed by atoms with Crippen LogP contribution in [0, 0.1) is 0 Å². The smallest absolute Gasteiger partial charge is 0.0682 e. The van der Waals surface area contributed by atoms with Crippen LogP contribution in [0.3, 0.4) is 0 Å². The highest BCUT2D eigenvalue weighted by Gasteiger charge is 2.07. The normalized spacial score (nSPS) is 12.8. The van der Waals surface area contributed by atoms with Gasteiger partial charge in [-0.15, -0.1) is 11.6 Å². The molecule has 0 saturated heterocycles. The number of unbranched alkanes of at least 4 members (excludes halogenated alkanes) is 1. The summed E-state index contributed by atoms with van der Waals surface area (Å²) in [6, 6.07) is 10.6. The summed E-state index contributed by atoms with van der Waals surface area (Å²) in [5.74, 6) is 0.563. The van der Waals surface area contributed by atoms with Gasteiger partial charge in [-0.25, -0.2) is 0 Å². The monoisotopic (exact) mass is 283 g/mol. The molecule has 0 aliphatic carbocycles. The Labute approximate surface area is 122 Å². The molecule has 19 heavy (non-hydrogen) atoms. The van der Waals surface area contributed by atoms with Crippen molar-refractivity contribution in [2.45, 2.75) is 39.3 Å². The number of rotatable bonds is 10. The summed E-state index contributed by atoms with van der Waals surface area (Å²) >= 11 is 5.74. The fourth-order valence-corrected chi connectivity index (χ4v) is 2.01. The van der Waals surface area contributed by atoms with E-state index >= 15 is 0 Å². The third kappa shape index (κ3) is 7.56. The zero-order chi connectivity index (χ0) is 13.9. The largest absolute Gasteiger partial charge is 0.376 e. The second-order valence-electron chi connectivity index (χ2n) is 4.95. The Hall–Kier alpha value is -0.570. The maximum atomic E-state index is 5.74. The van der Waals surface area contributed by atoms with Gasteiger partial charge in [0.05, 0.1) is 12.7 Å². The fraction of sp³-hybridized carbons (Fsp3) is 0.625. The first-order valence-corrected chi connectivity index (χ1v) is 7.73. The van der Waals surface area contributed by atoms with Crippen LogP contribution in [0.1, 0.15) is 32.3 Å². The third-order valence-electron chi connectivity index (χ3n) is 3.10. The molecular formula is C16H26ClNO. The summed E-state index contributed by atoms with van der Waals surface area (Å²) in [5.41, 5.74) is 1.36. The van der Waals surface area contributed by atoms with Gasteiger partial charge in [0.25, 0.3) is 0 Å². The molecule has 1 atom stereocenters. The summed E-state index contributed by atoms with van der Waals surface area (Å²) in [6.07, 6.45) is 2.61. The van der Waals surface area contributed by atoms with Gasteiger partial charge in [-0.1, -0.05) is 43.7 Å². The van der Waals surface area contributed by atoms with Gasteiger partial charge in [0.15, 0.2) is 0 Å². The Morgan fingerprint density at radius 1 is 1.21 bits per heavy atom. The molecule has 1 unspecified atom stereocenters. The van der Waals surface area contributed by atoms with Gasteiger partial charge < -0.3 is 4.74 Å². The van der Waals surface area contributed by atoms with Crippen molar-refractivity contribution in [2.75, 3.05) is 25.6 Å². The minimum absolute atomic E-state index is 0.145. The topological polar surface area (TPSA) is 12.5 Å². The Bertz CT molecular complexity index is 318. The van der Waals surface area contributed by atoms with E-state index < -0.39 is 0 Å². The Morgan fingerprint density at radius 3 is 2.58 bits per heavy atom. The predicted octanol–water partition coefficient (Wildman–Crippen LogP) is 3.93. The van der Waals surface area contributed by atoms with Crippen LogP contribution in [0.4, 0.5) is 0 Å². The zero-order valence-corrected chi connectivity index (χ0v) is 12.9. The molecule has 2 nitrogen and oxygen atoms in total. The van der Waals surface area contributed by atoms with E-state index in [9.17, 15) is 0 Å². The maximum Gasteiger partial charge on any atom is 0.0682 e. The lowest BCUT2D eigenvalue weighted by atomic mass is 10.2. The summed E-state index contributed by atoms with van der Waals surface area (Å²) < 4.78 is 5.67. The van der Waals surface area contributed by atoms with Gasteiger partial charge in [0.1, 0.15) is 0 Å². The third-order valence-corrected chi connectivity index (χ3v) is 3.54. The maximum absolute atomic E-state index is 5.74. The fourth-order valence-electron chi connectivity index (χ4n) is 1.92. The van der Waals surface area contributed by atoms with E-state index in [0.717, 1.165) is 26.2 Å². The second-order valence-corrected chi connectivity index (χ2v) is 5.26. The number of alkyl halides is 1. The molecule has 0 aromatic heterocycles. The van der Waals surface area contributed by atoms with Crippen molar-refractivity contribution in [3.63, 3.8) is 0 Å². The van der Waals surface area contributed by atoms with Crippen molar-refractivity contribution < 1.29 is 4.74 Å². The summed E-state index contributed by atoms with van der Waals surface area (Å²) in [4.78, 5) is 2.46. The molecule has 0 aliphatic rings. The van der Waals surface area contributed by atoms with Crippen molar-refractivity contribution in [3.8, 4) is 0 Å². The first-order valence-electron chi connectivity index (χ1n) is 7.20.